The summed E-state index contributed by atoms with van der Waals surface area (Å²) >= 11 is 0. The number of aryl methyl sites for hydroxylation is 1. The molecular formula is C23H26N4O4. The topological polar surface area (TPSA) is 87.8 Å². The molecule has 8 heteroatoms. The van der Waals surface area contributed by atoms with E-state index in [4.69, 9.17) is 9.47 Å². The summed E-state index contributed by atoms with van der Waals surface area (Å²) in [7, 11) is 3.37. The van der Waals surface area contributed by atoms with Crippen molar-refractivity contribution in [2.75, 3.05) is 20.7 Å². The largest absolute Gasteiger partial charge is 0.497 e. The first-order chi connectivity index (χ1) is 14.9. The van der Waals surface area contributed by atoms with Gasteiger partial charge in [-0.05, 0) is 24.6 Å². The first kappa shape index (κ1) is 19.8. The van der Waals surface area contributed by atoms with Crippen molar-refractivity contribution in [1.82, 2.24) is 19.8 Å². The highest BCUT2D eigenvalue weighted by Gasteiger charge is 2.67. The van der Waals surface area contributed by atoms with Crippen molar-refractivity contribution in [2.45, 2.75) is 31.7 Å². The predicted molar refractivity (Wildman–Crippen MR) is 112 cm³/mol. The van der Waals surface area contributed by atoms with Crippen molar-refractivity contribution >= 4 is 11.8 Å². The number of likely N-dealkylation sites (tertiary alicyclic amines) is 1. The van der Waals surface area contributed by atoms with Gasteiger partial charge in [0, 0.05) is 25.5 Å². The zero-order chi connectivity index (χ0) is 21.8. The number of aromatic nitrogens is 2. The lowest BCUT2D eigenvalue weighted by atomic mass is 9.76. The second kappa shape index (κ2) is 7.23. The number of hydrogen-bond donors (Lipinski definition) is 1. The molecule has 162 valence electrons. The van der Waals surface area contributed by atoms with Gasteiger partial charge in [-0.3, -0.25) is 9.59 Å². The Morgan fingerprint density at radius 1 is 1.45 bits per heavy atom. The fourth-order valence-corrected chi connectivity index (χ4v) is 5.09. The number of imidazole rings is 1. The lowest BCUT2D eigenvalue weighted by Crippen LogP contribution is -2.44. The number of nitrogens with one attached hydrogen (secondary N) is 1. The van der Waals surface area contributed by atoms with Crippen molar-refractivity contribution < 1.29 is 19.1 Å². The number of amides is 2. The van der Waals surface area contributed by atoms with Crippen LogP contribution in [0.3, 0.4) is 0 Å². The molecule has 2 aromatic rings. The van der Waals surface area contributed by atoms with Crippen molar-refractivity contribution in [2.24, 2.45) is 11.8 Å². The van der Waals surface area contributed by atoms with Gasteiger partial charge in [0.25, 0.3) is 0 Å². The summed E-state index contributed by atoms with van der Waals surface area (Å²) in [5.41, 5.74) is 1.21. The second-order valence-corrected chi connectivity index (χ2v) is 8.65. The molecule has 5 rings (SSSR count). The molecule has 1 aromatic carbocycles. The van der Waals surface area contributed by atoms with Gasteiger partial charge in [0.15, 0.2) is 0 Å². The number of nitrogens with zero attached hydrogens (tertiary/aromatic N) is 3. The highest BCUT2D eigenvalue weighted by molar-refractivity contribution is 5.93. The molecule has 8 nitrogen and oxygen atoms in total. The summed E-state index contributed by atoms with van der Waals surface area (Å²) in [5, 5.41) is 0. The quantitative estimate of drug-likeness (QED) is 0.716. The lowest BCUT2D eigenvalue weighted by Gasteiger charge is -2.27. The van der Waals surface area contributed by atoms with Crippen molar-refractivity contribution in [3.8, 4) is 5.75 Å². The van der Waals surface area contributed by atoms with Crippen molar-refractivity contribution in [3.63, 3.8) is 0 Å². The van der Waals surface area contributed by atoms with E-state index >= 15 is 0 Å². The van der Waals surface area contributed by atoms with E-state index < -0.39 is 17.4 Å². The minimum atomic E-state index is -0.719. The number of H-pyrrole nitrogens is 1. The third-order valence-corrected chi connectivity index (χ3v) is 6.49. The Morgan fingerprint density at radius 3 is 3.03 bits per heavy atom. The Bertz CT molecular complexity index is 1060. The molecule has 3 aliphatic rings. The first-order valence-corrected chi connectivity index (χ1v) is 10.4. The minimum Gasteiger partial charge on any atom is -0.497 e. The molecule has 2 amide bonds. The van der Waals surface area contributed by atoms with Crippen LogP contribution in [-0.2, 0) is 27.4 Å². The molecule has 2 fully saturated rings. The molecule has 0 saturated carbocycles. The Hall–Kier alpha value is -3.13. The molecular weight excluding hydrogens is 396 g/mol. The van der Waals surface area contributed by atoms with Crippen LogP contribution in [0.5, 0.6) is 5.75 Å². The third kappa shape index (κ3) is 3.22. The van der Waals surface area contributed by atoms with Crippen LogP contribution in [0, 0.1) is 18.8 Å². The van der Waals surface area contributed by atoms with E-state index in [2.05, 4.69) is 9.97 Å². The molecule has 0 unspecified atom stereocenters. The normalized spacial score (nSPS) is 28.3. The summed E-state index contributed by atoms with van der Waals surface area (Å²) < 4.78 is 11.5. The molecule has 3 aliphatic heterocycles. The molecule has 1 N–H and O–H groups in total. The van der Waals surface area contributed by atoms with E-state index in [9.17, 15) is 9.59 Å². The summed E-state index contributed by atoms with van der Waals surface area (Å²) in [4.78, 5) is 37.6. The van der Waals surface area contributed by atoms with Crippen molar-refractivity contribution in [1.29, 1.82) is 0 Å². The fraction of sp³-hybridized carbons (Fsp3) is 0.435. The first-order valence-electron chi connectivity index (χ1n) is 10.4. The van der Waals surface area contributed by atoms with Gasteiger partial charge >= 0.3 is 0 Å². The molecule has 1 aromatic heterocycles. The van der Waals surface area contributed by atoms with Gasteiger partial charge in [-0.1, -0.05) is 24.3 Å². The maximum absolute atomic E-state index is 13.4. The van der Waals surface area contributed by atoms with E-state index in [1.165, 1.54) is 0 Å². The number of aromatic amines is 1. The van der Waals surface area contributed by atoms with Crippen LogP contribution in [0.4, 0.5) is 0 Å². The van der Waals surface area contributed by atoms with Crippen LogP contribution in [0.15, 0.2) is 42.6 Å². The zero-order valence-corrected chi connectivity index (χ0v) is 17.9. The van der Waals surface area contributed by atoms with Gasteiger partial charge in [0.2, 0.25) is 11.8 Å². The van der Waals surface area contributed by atoms with Gasteiger partial charge in [-0.2, -0.15) is 0 Å². The average molecular weight is 422 g/mol. The Labute approximate surface area is 180 Å². The molecule has 2 bridgehead atoms. The number of rotatable bonds is 6. The van der Waals surface area contributed by atoms with E-state index in [-0.39, 0.29) is 17.9 Å². The maximum atomic E-state index is 13.4. The molecule has 4 heterocycles. The summed E-state index contributed by atoms with van der Waals surface area (Å²) in [6.07, 6.45) is 5.29. The van der Waals surface area contributed by atoms with Crippen LogP contribution in [0.1, 0.15) is 17.1 Å². The Balaban J connectivity index is 1.35. The average Bonchev–Trinajstić information content (AvgIpc) is 3.50. The van der Waals surface area contributed by atoms with Gasteiger partial charge in [0.05, 0.1) is 38.1 Å². The monoisotopic (exact) mass is 422 g/mol. The molecule has 4 atom stereocenters. The molecule has 1 spiro atoms. The molecule has 31 heavy (non-hydrogen) atoms. The number of fused-ring (bicyclic) bond motifs is 1. The van der Waals surface area contributed by atoms with Crippen LogP contribution in [0.2, 0.25) is 0 Å². The fourth-order valence-electron chi connectivity index (χ4n) is 5.09. The third-order valence-electron chi connectivity index (χ3n) is 6.49. The van der Waals surface area contributed by atoms with Gasteiger partial charge < -0.3 is 24.3 Å². The highest BCUT2D eigenvalue weighted by atomic mass is 16.5. The highest BCUT2D eigenvalue weighted by Crippen LogP contribution is 2.52. The van der Waals surface area contributed by atoms with Gasteiger partial charge in [0.1, 0.15) is 17.2 Å². The molecule has 0 aliphatic carbocycles. The number of hydrogen-bond acceptors (Lipinski definition) is 5. The number of carbonyl (C=O) groups is 2. The maximum Gasteiger partial charge on any atom is 0.230 e. The van der Waals surface area contributed by atoms with Crippen LogP contribution in [-0.4, -0.2) is 64.0 Å². The minimum absolute atomic E-state index is 0.0322. The van der Waals surface area contributed by atoms with Crippen molar-refractivity contribution in [3.05, 3.63) is 59.7 Å². The summed E-state index contributed by atoms with van der Waals surface area (Å²) in [6.45, 7) is 3.19. The lowest BCUT2D eigenvalue weighted by molar-refractivity contribution is -0.143. The SMILES string of the molecule is COc1cccc(CN2C[C@]34C=C[C@H](O3)[C@@H](C(=O)N(C)Cc3ncc(C)[nH]3)[C@H]4C2=O)c1. The van der Waals surface area contributed by atoms with Crippen LogP contribution < -0.4 is 4.74 Å². The predicted octanol–water partition coefficient (Wildman–Crippen LogP) is 1.67. The summed E-state index contributed by atoms with van der Waals surface area (Å²) in [6, 6.07) is 7.68. The summed E-state index contributed by atoms with van der Waals surface area (Å²) in [5.74, 6) is 0.333. The van der Waals surface area contributed by atoms with Crippen LogP contribution >= 0.6 is 0 Å². The smallest absolute Gasteiger partial charge is 0.230 e. The van der Waals surface area contributed by atoms with E-state index in [1.807, 2.05) is 43.3 Å². The number of ether oxygens (including phenoxy) is 2. The number of carbonyl (C=O) groups excluding carboxylic acids is 2. The standard InChI is InChI=1S/C23H26N4O4/c1-14-10-24-18(25-14)12-26(2)21(28)19-17-7-8-23(31-17)13-27(22(29)20(19)23)11-15-5-4-6-16(9-15)30-3/h4-10,17,19-20H,11-13H2,1-3H3,(H,24,25)/t17-,19+,20-,23-/m0/s1. The van der Waals surface area contributed by atoms with Crippen LogP contribution in [0.25, 0.3) is 0 Å². The second-order valence-electron chi connectivity index (χ2n) is 8.65. The number of benzene rings is 1. The molecule has 0 radical (unpaired) electrons. The number of methoxy groups -OCH3 is 1. The zero-order valence-electron chi connectivity index (χ0n) is 17.9. The Morgan fingerprint density at radius 2 is 2.29 bits per heavy atom. The van der Waals surface area contributed by atoms with E-state index in [1.54, 1.807) is 30.2 Å². The molecule has 2 saturated heterocycles. The Kier molecular flexibility index (Phi) is 4.62. The van der Waals surface area contributed by atoms with Gasteiger partial charge in [-0.25, -0.2) is 4.98 Å². The van der Waals surface area contributed by atoms with E-state index in [0.29, 0.717) is 19.6 Å². The van der Waals surface area contributed by atoms with E-state index in [0.717, 1.165) is 22.8 Å². The van der Waals surface area contributed by atoms with Gasteiger partial charge in [-0.15, -0.1) is 0 Å².